The molecule has 0 radical (unpaired) electrons. The van der Waals surface area contributed by atoms with Gasteiger partial charge < -0.3 is 4.90 Å². The van der Waals surface area contributed by atoms with Gasteiger partial charge in [-0.05, 0) is 91.5 Å². The number of nitrogens with zero attached hydrogens (tertiary/aromatic N) is 4. The third-order valence-corrected chi connectivity index (χ3v) is 9.70. The summed E-state index contributed by atoms with van der Waals surface area (Å²) in [6.07, 6.45) is 1.42. The Morgan fingerprint density at radius 2 is 1.14 bits per heavy atom. The third-order valence-electron chi connectivity index (χ3n) is 9.70. The van der Waals surface area contributed by atoms with Gasteiger partial charge in [-0.15, -0.1) is 0 Å². The molecule has 236 valence electrons. The summed E-state index contributed by atoms with van der Waals surface area (Å²) in [4.78, 5) is 2.40. The van der Waals surface area contributed by atoms with Gasteiger partial charge in [-0.3, -0.25) is 0 Å². The van der Waals surface area contributed by atoms with Crippen LogP contribution < -0.4 is 4.90 Å². The summed E-state index contributed by atoms with van der Waals surface area (Å²) in [5.74, 6) is 0. The van der Waals surface area contributed by atoms with Crippen LogP contribution in [0.25, 0.3) is 43.4 Å². The Hall–Kier alpha value is -6.93. The van der Waals surface area contributed by atoms with Crippen molar-refractivity contribution in [2.45, 2.75) is 19.3 Å². The Bertz CT molecular complexity index is 2580. The minimum absolute atomic E-state index is 0.0927. The number of benzene rings is 7. The molecule has 0 aliphatic carbocycles. The lowest BCUT2D eigenvalue weighted by Gasteiger charge is -2.42. The number of anilines is 3. The van der Waals surface area contributed by atoms with Crippen molar-refractivity contribution in [3.05, 3.63) is 174 Å². The van der Waals surface area contributed by atoms with Crippen molar-refractivity contribution in [3.8, 4) is 29.3 Å². The quantitative estimate of drug-likeness (QED) is 0.109. The summed E-state index contributed by atoms with van der Waals surface area (Å²) < 4.78 is 0. The van der Waals surface area contributed by atoms with Gasteiger partial charge in [0.1, 0.15) is 0 Å². The highest BCUT2D eigenvalue weighted by molar-refractivity contribution is 6.18. The Morgan fingerprint density at radius 3 is 1.66 bits per heavy atom. The van der Waals surface area contributed by atoms with E-state index in [1.165, 1.54) is 50.1 Å². The molecule has 0 atom stereocenters. The Balaban J connectivity index is 0.000000603. The molecule has 0 fully saturated rings. The van der Waals surface area contributed by atoms with E-state index in [1.54, 1.807) is 24.3 Å². The molecule has 4 nitrogen and oxygen atoms in total. The molecule has 0 unspecified atom stereocenters. The molecule has 7 aromatic carbocycles. The minimum atomic E-state index is -0.0927. The first-order chi connectivity index (χ1) is 24.3. The van der Waals surface area contributed by atoms with Crippen molar-refractivity contribution in [3.63, 3.8) is 0 Å². The highest BCUT2D eigenvalue weighted by atomic mass is 15.2. The zero-order valence-electron chi connectivity index (χ0n) is 27.9. The fourth-order valence-corrected chi connectivity index (χ4v) is 7.21. The van der Waals surface area contributed by atoms with Gasteiger partial charge in [0, 0.05) is 22.2 Å². The second-order valence-electron chi connectivity index (χ2n) is 12.9. The lowest BCUT2D eigenvalue weighted by atomic mass is 9.73. The molecule has 0 saturated heterocycles. The Morgan fingerprint density at radius 1 is 0.620 bits per heavy atom. The first-order valence-corrected chi connectivity index (χ1v) is 16.3. The van der Waals surface area contributed by atoms with Crippen LogP contribution in [-0.4, -0.2) is 0 Å². The van der Waals surface area contributed by atoms with E-state index in [2.05, 4.69) is 147 Å². The van der Waals surface area contributed by atoms with Crippen molar-refractivity contribution in [2.24, 2.45) is 0 Å². The molecule has 7 aromatic rings. The third kappa shape index (κ3) is 5.16. The number of rotatable bonds is 3. The first-order valence-electron chi connectivity index (χ1n) is 16.3. The highest BCUT2D eigenvalue weighted by Crippen LogP contribution is 2.52. The van der Waals surface area contributed by atoms with E-state index >= 15 is 0 Å². The molecule has 1 heterocycles. The van der Waals surface area contributed by atoms with E-state index in [9.17, 15) is 10.5 Å². The van der Waals surface area contributed by atoms with Crippen molar-refractivity contribution >= 4 is 49.4 Å². The van der Waals surface area contributed by atoms with Crippen LogP contribution in [0.2, 0.25) is 0 Å². The molecule has 0 aromatic heterocycles. The molecule has 0 amide bonds. The zero-order valence-corrected chi connectivity index (χ0v) is 27.9. The van der Waals surface area contributed by atoms with Gasteiger partial charge in [-0.25, -0.2) is 0 Å². The van der Waals surface area contributed by atoms with Gasteiger partial charge in [-0.2, -0.15) is 15.8 Å². The Kier molecular flexibility index (Phi) is 7.97. The average Bonchev–Trinajstić information content (AvgIpc) is 3.17. The summed E-state index contributed by atoms with van der Waals surface area (Å²) in [5.41, 5.74) is 9.12. The number of hydrogen-bond donors (Lipinski definition) is 0. The topological polar surface area (TPSA) is 74.6 Å². The molecule has 0 saturated carbocycles. The summed E-state index contributed by atoms with van der Waals surface area (Å²) in [6.45, 7) is 11.2. The molecule has 50 heavy (non-hydrogen) atoms. The number of fused-ring (bicyclic) bond motifs is 7. The van der Waals surface area contributed by atoms with Crippen molar-refractivity contribution in [1.82, 2.24) is 0 Å². The number of para-hydroxylation sites is 2. The molecule has 1 aliphatic rings. The van der Waals surface area contributed by atoms with Crippen LogP contribution in [0.4, 0.5) is 17.1 Å². The second kappa shape index (κ2) is 12.6. The number of nitriles is 3. The van der Waals surface area contributed by atoms with Crippen molar-refractivity contribution in [2.75, 3.05) is 4.90 Å². The fourth-order valence-electron chi connectivity index (χ4n) is 7.21. The second-order valence-corrected chi connectivity index (χ2v) is 12.9. The molecule has 4 heteroatoms. The van der Waals surface area contributed by atoms with Gasteiger partial charge in [0.2, 0.25) is 0 Å². The molecular formula is C46H32N4. The van der Waals surface area contributed by atoms with Crippen LogP contribution in [0.15, 0.2) is 152 Å². The average molecular weight is 641 g/mol. The van der Waals surface area contributed by atoms with Crippen LogP contribution in [0, 0.1) is 34.0 Å². The smallest absolute Gasteiger partial charge is 0.0998 e. The predicted octanol–water partition coefficient (Wildman–Crippen LogP) is 11.9. The van der Waals surface area contributed by atoms with Gasteiger partial charge in [0.25, 0.3) is 0 Å². The van der Waals surface area contributed by atoms with Gasteiger partial charge in [-0.1, -0.05) is 118 Å². The van der Waals surface area contributed by atoms with Gasteiger partial charge in [0.15, 0.2) is 0 Å². The van der Waals surface area contributed by atoms with Crippen molar-refractivity contribution in [1.29, 1.82) is 15.8 Å². The van der Waals surface area contributed by atoms with E-state index in [1.807, 2.05) is 6.07 Å². The van der Waals surface area contributed by atoms with Crippen molar-refractivity contribution < 1.29 is 0 Å². The molecular weight excluding hydrogens is 609 g/mol. The molecule has 1 aliphatic heterocycles. The maximum absolute atomic E-state index is 9.71. The largest absolute Gasteiger partial charge is 0.310 e. The maximum Gasteiger partial charge on any atom is 0.0998 e. The molecule has 0 spiro atoms. The molecule has 0 bridgehead atoms. The SMILES string of the molecule is C=CC(=C)C#N.CC1(C)c2ccccc2N(c2ccc3c(ccc4c5ccc(-c6c(C#N)cccc6C#N)cc5ccc34)c2)c2ccccc21. The van der Waals surface area contributed by atoms with Gasteiger partial charge in [0.05, 0.1) is 40.7 Å². The summed E-state index contributed by atoms with van der Waals surface area (Å²) >= 11 is 0. The highest BCUT2D eigenvalue weighted by Gasteiger charge is 2.36. The van der Waals surface area contributed by atoms with E-state index in [4.69, 9.17) is 5.26 Å². The first kappa shape index (κ1) is 31.7. The van der Waals surface area contributed by atoms with Crippen LogP contribution in [0.5, 0.6) is 0 Å². The fraction of sp³-hybridized carbons (Fsp3) is 0.0652. The lowest BCUT2D eigenvalue weighted by Crippen LogP contribution is -2.30. The summed E-state index contributed by atoms with van der Waals surface area (Å²) in [6, 6.07) is 50.9. The minimum Gasteiger partial charge on any atom is -0.310 e. The van der Waals surface area contributed by atoms with Crippen LogP contribution in [-0.2, 0) is 5.41 Å². The van der Waals surface area contributed by atoms with E-state index in [0.717, 1.165) is 22.0 Å². The van der Waals surface area contributed by atoms with Crippen LogP contribution in [0.1, 0.15) is 36.1 Å². The van der Waals surface area contributed by atoms with E-state index in [0.29, 0.717) is 22.3 Å². The predicted molar refractivity (Wildman–Crippen MR) is 206 cm³/mol. The monoisotopic (exact) mass is 640 g/mol. The van der Waals surface area contributed by atoms with Crippen LogP contribution in [0.3, 0.4) is 0 Å². The normalized spacial score (nSPS) is 12.4. The molecule has 0 N–H and O–H groups in total. The summed E-state index contributed by atoms with van der Waals surface area (Å²) in [7, 11) is 0. The van der Waals surface area contributed by atoms with Crippen LogP contribution >= 0.6 is 0 Å². The number of allylic oxidation sites excluding steroid dienone is 2. The number of hydrogen-bond acceptors (Lipinski definition) is 4. The maximum atomic E-state index is 9.71. The summed E-state index contributed by atoms with van der Waals surface area (Å²) in [5, 5.41) is 34.3. The lowest BCUT2D eigenvalue weighted by molar-refractivity contribution is 0.632. The van der Waals surface area contributed by atoms with E-state index in [-0.39, 0.29) is 5.41 Å². The zero-order chi connectivity index (χ0) is 35.0. The van der Waals surface area contributed by atoms with E-state index < -0.39 is 0 Å². The standard InChI is InChI=1S/C41H27N3.C5H5N/c1-41(2)36-10-3-5-12-38(36)44(39-13-6-4-11-37(39)41)31-17-21-33-27(23-31)15-20-34-32-18-16-28(22-26(32)14-19-35(33)34)40-29(24-42)8-7-9-30(40)25-43;1-3-5(2)4-6/h3-23H,1-2H3;3H,1-2H2. The molecule has 8 rings (SSSR count). The van der Waals surface area contributed by atoms with Gasteiger partial charge >= 0.3 is 0 Å². The Labute approximate surface area is 292 Å².